The van der Waals surface area contributed by atoms with Crippen molar-refractivity contribution in [3.63, 3.8) is 0 Å². The number of aromatic hydroxyl groups is 1. The van der Waals surface area contributed by atoms with Crippen LogP contribution in [0.3, 0.4) is 0 Å². The van der Waals surface area contributed by atoms with Crippen molar-refractivity contribution in [1.29, 1.82) is 0 Å². The molecule has 13 nitrogen and oxygen atoms in total. The van der Waals surface area contributed by atoms with Gasteiger partial charge >= 0.3 is 5.97 Å². The van der Waals surface area contributed by atoms with E-state index < -0.39 is 59.9 Å². The van der Waals surface area contributed by atoms with Crippen LogP contribution >= 0.6 is 0 Å². The predicted molar refractivity (Wildman–Crippen MR) is 126 cm³/mol. The van der Waals surface area contributed by atoms with E-state index in [1.54, 1.807) is 0 Å². The third kappa shape index (κ3) is 7.92. The van der Waals surface area contributed by atoms with Crippen molar-refractivity contribution < 1.29 is 39.3 Å². The first-order chi connectivity index (χ1) is 16.9. The van der Waals surface area contributed by atoms with Gasteiger partial charge in [0.15, 0.2) is 0 Å². The maximum atomic E-state index is 13.3. The van der Waals surface area contributed by atoms with Gasteiger partial charge in [-0.3, -0.25) is 19.2 Å². The van der Waals surface area contributed by atoms with Crippen molar-refractivity contribution in [3.05, 3.63) is 29.8 Å². The van der Waals surface area contributed by atoms with Crippen LogP contribution in [0.5, 0.6) is 5.75 Å². The minimum Gasteiger partial charge on any atom is -0.508 e. The summed E-state index contributed by atoms with van der Waals surface area (Å²) in [6.45, 7) is 1.49. The van der Waals surface area contributed by atoms with E-state index in [2.05, 4.69) is 10.6 Å². The second-order valence-corrected chi connectivity index (χ2v) is 8.79. The number of carbonyl (C=O) groups is 5. The third-order valence-electron chi connectivity index (χ3n) is 5.95. The number of nitrogens with two attached hydrogens (primary N) is 2. The number of nitrogens with zero attached hydrogens (tertiary/aromatic N) is 1. The SMILES string of the molecule is CC(O)C(N)C(=O)NC(Cc1ccc(O)cc1)C(=O)NC(CCC(N)=O)C(=O)N1CCCC1C(=O)O. The molecule has 1 fully saturated rings. The number of aliphatic hydroxyl groups excluding tert-OH is 1. The van der Waals surface area contributed by atoms with Crippen LogP contribution in [0.15, 0.2) is 24.3 Å². The molecular formula is C23H33N5O8. The van der Waals surface area contributed by atoms with Gasteiger partial charge in [-0.05, 0) is 43.9 Å². The quantitative estimate of drug-likeness (QED) is 0.165. The van der Waals surface area contributed by atoms with Crippen LogP contribution in [0.1, 0.15) is 38.2 Å². The molecule has 1 aromatic carbocycles. The lowest BCUT2D eigenvalue weighted by molar-refractivity contribution is -0.149. The zero-order valence-electron chi connectivity index (χ0n) is 19.9. The molecule has 4 amide bonds. The number of amides is 4. The molecule has 1 aliphatic rings. The van der Waals surface area contributed by atoms with Crippen molar-refractivity contribution in [2.45, 2.75) is 69.3 Å². The molecule has 0 aliphatic carbocycles. The lowest BCUT2D eigenvalue weighted by Crippen LogP contribution is -2.58. The number of aliphatic hydroxyl groups is 1. The molecular weight excluding hydrogens is 474 g/mol. The predicted octanol–water partition coefficient (Wildman–Crippen LogP) is -2.05. The van der Waals surface area contributed by atoms with Crippen LogP contribution < -0.4 is 22.1 Å². The number of phenols is 1. The lowest BCUT2D eigenvalue weighted by Gasteiger charge is -2.29. The first kappa shape index (κ1) is 28.5. The van der Waals surface area contributed by atoms with Crippen molar-refractivity contribution in [2.75, 3.05) is 6.54 Å². The average molecular weight is 508 g/mol. The Kier molecular flexibility index (Phi) is 10.2. The molecule has 1 aliphatic heterocycles. The Morgan fingerprint density at radius 3 is 2.25 bits per heavy atom. The van der Waals surface area contributed by atoms with Crippen LogP contribution in [0, 0.1) is 0 Å². The fourth-order valence-corrected chi connectivity index (χ4v) is 3.87. The minimum atomic E-state index is -1.33. The Bertz CT molecular complexity index is 968. The van der Waals surface area contributed by atoms with E-state index in [0.29, 0.717) is 12.0 Å². The Morgan fingerprint density at radius 1 is 1.08 bits per heavy atom. The lowest BCUT2D eigenvalue weighted by atomic mass is 10.0. The van der Waals surface area contributed by atoms with Crippen LogP contribution in [-0.4, -0.2) is 86.6 Å². The number of likely N-dealkylation sites (tertiary alicyclic amines) is 1. The van der Waals surface area contributed by atoms with E-state index in [-0.39, 0.29) is 38.0 Å². The number of nitrogens with one attached hydrogen (secondary N) is 2. The summed E-state index contributed by atoms with van der Waals surface area (Å²) in [5.41, 5.74) is 11.5. The normalized spacial score (nSPS) is 18.5. The van der Waals surface area contributed by atoms with Gasteiger partial charge < -0.3 is 42.3 Å². The van der Waals surface area contributed by atoms with Gasteiger partial charge in [0.25, 0.3) is 0 Å². The smallest absolute Gasteiger partial charge is 0.326 e. The molecule has 0 bridgehead atoms. The van der Waals surface area contributed by atoms with Gasteiger partial charge in [0.05, 0.1) is 6.10 Å². The van der Waals surface area contributed by atoms with Gasteiger partial charge in [-0.15, -0.1) is 0 Å². The highest BCUT2D eigenvalue weighted by atomic mass is 16.4. The molecule has 0 spiro atoms. The van der Waals surface area contributed by atoms with Gasteiger partial charge in [-0.1, -0.05) is 12.1 Å². The third-order valence-corrected chi connectivity index (χ3v) is 5.95. The van der Waals surface area contributed by atoms with Gasteiger partial charge in [-0.25, -0.2) is 4.79 Å². The maximum absolute atomic E-state index is 13.3. The Morgan fingerprint density at radius 2 is 1.69 bits per heavy atom. The highest BCUT2D eigenvalue weighted by Gasteiger charge is 2.38. The molecule has 2 rings (SSSR count). The molecule has 36 heavy (non-hydrogen) atoms. The van der Waals surface area contributed by atoms with Crippen molar-refractivity contribution in [3.8, 4) is 5.75 Å². The Labute approximate surface area is 207 Å². The highest BCUT2D eigenvalue weighted by Crippen LogP contribution is 2.20. The summed E-state index contributed by atoms with van der Waals surface area (Å²) in [7, 11) is 0. The summed E-state index contributed by atoms with van der Waals surface area (Å²) in [5.74, 6) is -4.17. The number of aliphatic carboxylic acids is 1. The highest BCUT2D eigenvalue weighted by molar-refractivity contribution is 5.94. The van der Waals surface area contributed by atoms with Crippen LogP contribution in [0.4, 0.5) is 0 Å². The zero-order valence-corrected chi connectivity index (χ0v) is 19.9. The summed E-state index contributed by atoms with van der Waals surface area (Å²) >= 11 is 0. The fraction of sp³-hybridized carbons (Fsp3) is 0.522. The second kappa shape index (κ2) is 12.8. The standard InChI is InChI=1S/C23H33N5O8/c1-12(29)19(25)21(33)27-16(11-13-4-6-14(30)7-5-13)20(32)26-15(8-9-18(24)31)22(34)28-10-2-3-17(28)23(35)36/h4-7,12,15-17,19,29-30H,2-3,8-11,25H2,1H3,(H2,24,31)(H,26,32)(H,27,33)(H,35,36). The maximum Gasteiger partial charge on any atom is 0.326 e. The van der Waals surface area contributed by atoms with Crippen molar-refractivity contribution >= 4 is 29.6 Å². The first-order valence-corrected chi connectivity index (χ1v) is 11.5. The largest absolute Gasteiger partial charge is 0.508 e. The number of rotatable bonds is 12. The average Bonchev–Trinajstić information content (AvgIpc) is 3.31. The van der Waals surface area contributed by atoms with E-state index in [1.807, 2.05) is 0 Å². The number of carbonyl (C=O) groups excluding carboxylic acids is 4. The minimum absolute atomic E-state index is 0.00405. The first-order valence-electron chi connectivity index (χ1n) is 11.5. The summed E-state index contributed by atoms with van der Waals surface area (Å²) in [4.78, 5) is 63.0. The Hall–Kier alpha value is -3.71. The molecule has 1 saturated heterocycles. The van der Waals surface area contributed by atoms with Crippen LogP contribution in [0.2, 0.25) is 0 Å². The second-order valence-electron chi connectivity index (χ2n) is 8.79. The van der Waals surface area contributed by atoms with Crippen molar-refractivity contribution in [1.82, 2.24) is 15.5 Å². The van der Waals surface area contributed by atoms with E-state index in [0.717, 1.165) is 4.90 Å². The summed E-state index contributed by atoms with van der Waals surface area (Å²) in [5, 5.41) is 33.6. The molecule has 0 aromatic heterocycles. The van der Waals surface area contributed by atoms with E-state index >= 15 is 0 Å². The molecule has 9 N–H and O–H groups in total. The molecule has 5 unspecified atom stereocenters. The molecule has 0 saturated carbocycles. The number of phenolic OH excluding ortho intramolecular Hbond substituents is 1. The number of carboxylic acids is 1. The number of primary amides is 1. The molecule has 1 heterocycles. The number of benzene rings is 1. The van der Waals surface area contributed by atoms with Gasteiger partial charge in [-0.2, -0.15) is 0 Å². The number of hydrogen-bond acceptors (Lipinski definition) is 8. The monoisotopic (exact) mass is 507 g/mol. The summed E-state index contributed by atoms with van der Waals surface area (Å²) < 4.78 is 0. The van der Waals surface area contributed by atoms with Crippen molar-refractivity contribution in [2.24, 2.45) is 11.5 Å². The topological polar surface area (TPSA) is 225 Å². The van der Waals surface area contributed by atoms with E-state index in [9.17, 15) is 39.3 Å². The number of carboxylic acid groups (broad SMARTS) is 1. The molecule has 1 aromatic rings. The fourth-order valence-electron chi connectivity index (χ4n) is 3.87. The van der Waals surface area contributed by atoms with Crippen LogP contribution in [-0.2, 0) is 30.4 Å². The molecule has 0 radical (unpaired) electrons. The van der Waals surface area contributed by atoms with Gasteiger partial charge in [0.1, 0.15) is 29.9 Å². The molecule has 5 atom stereocenters. The van der Waals surface area contributed by atoms with E-state index in [1.165, 1.54) is 31.2 Å². The molecule has 13 heteroatoms. The summed E-state index contributed by atoms with van der Waals surface area (Å²) in [6, 6.07) is 0.967. The van der Waals surface area contributed by atoms with Gasteiger partial charge in [0, 0.05) is 19.4 Å². The van der Waals surface area contributed by atoms with Gasteiger partial charge in [0.2, 0.25) is 23.6 Å². The zero-order chi connectivity index (χ0) is 27.0. The Balaban J connectivity index is 2.27. The summed E-state index contributed by atoms with van der Waals surface area (Å²) in [6.07, 6.45) is -0.942. The van der Waals surface area contributed by atoms with Crippen LogP contribution in [0.25, 0.3) is 0 Å². The number of hydrogen-bond donors (Lipinski definition) is 7. The van der Waals surface area contributed by atoms with E-state index in [4.69, 9.17) is 11.5 Å². The molecule has 198 valence electrons.